The van der Waals surface area contributed by atoms with E-state index in [0.29, 0.717) is 17.4 Å². The highest BCUT2D eigenvalue weighted by Gasteiger charge is 2.19. The molecule has 2 aromatic carbocycles. The average Bonchev–Trinajstić information content (AvgIpc) is 2.67. The maximum Gasteiger partial charge on any atom is 0.255 e. The smallest absolute Gasteiger partial charge is 0.255 e. The van der Waals surface area contributed by atoms with E-state index in [1.165, 1.54) is 0 Å². The molecule has 142 valence electrons. The lowest BCUT2D eigenvalue weighted by molar-refractivity contribution is 0.0186. The molecular weight excluding hydrogens is 409 g/mol. The lowest BCUT2D eigenvalue weighted by Crippen LogP contribution is -2.14. The summed E-state index contributed by atoms with van der Waals surface area (Å²) in [7, 11) is 0. The number of fused-ring (bicyclic) bond motifs is 1. The molecule has 0 N–H and O–H groups in total. The summed E-state index contributed by atoms with van der Waals surface area (Å²) in [6.45, 7) is 0.340. The molecule has 1 aliphatic rings. The molecular formula is C20H18Cl3NO3. The van der Waals surface area contributed by atoms with Crippen molar-refractivity contribution in [3.05, 3.63) is 69.2 Å². The monoisotopic (exact) mass is 425 g/mol. The first-order valence-corrected chi connectivity index (χ1v) is 9.60. The van der Waals surface area contributed by atoms with Gasteiger partial charge < -0.3 is 14.3 Å². The van der Waals surface area contributed by atoms with Gasteiger partial charge in [0.2, 0.25) is 0 Å². The number of halogens is 3. The molecule has 0 spiro atoms. The zero-order valence-electron chi connectivity index (χ0n) is 14.5. The van der Waals surface area contributed by atoms with Gasteiger partial charge in [-0.2, -0.15) is 0 Å². The van der Waals surface area contributed by atoms with Crippen molar-refractivity contribution in [2.24, 2.45) is 5.16 Å². The van der Waals surface area contributed by atoms with E-state index in [9.17, 15) is 0 Å². The van der Waals surface area contributed by atoms with E-state index in [0.717, 1.165) is 41.9 Å². The van der Waals surface area contributed by atoms with E-state index in [-0.39, 0.29) is 11.3 Å². The number of ether oxygens (including phenoxy) is 2. The summed E-state index contributed by atoms with van der Waals surface area (Å²) < 4.78 is 11.5. The summed E-state index contributed by atoms with van der Waals surface area (Å²) in [4.78, 5) is 5.36. The summed E-state index contributed by atoms with van der Waals surface area (Å²) in [6, 6.07) is 13.0. The van der Waals surface area contributed by atoms with E-state index in [1.807, 2.05) is 18.2 Å². The fourth-order valence-corrected chi connectivity index (χ4v) is 3.07. The van der Waals surface area contributed by atoms with Crippen molar-refractivity contribution in [3.8, 4) is 11.5 Å². The maximum atomic E-state index is 5.85. The second-order valence-corrected chi connectivity index (χ2v) is 7.27. The van der Waals surface area contributed by atoms with Gasteiger partial charge in [-0.25, -0.2) is 0 Å². The Balaban J connectivity index is 1.63. The van der Waals surface area contributed by atoms with E-state index >= 15 is 0 Å². The molecule has 0 aliphatic heterocycles. The van der Waals surface area contributed by atoms with Crippen molar-refractivity contribution >= 4 is 40.5 Å². The zero-order valence-corrected chi connectivity index (χ0v) is 16.7. The standard InChI is InChI=1S/C20H18Cl3NO3/c21-14-7-9-15(10-8-14)26-13-27-24-18-5-1-4-17-16(18)3-2-6-19(17)25-12-11-20(22)23/h2-3,6-11H,1,4-5,12-13H2/b24-18+. The number of nitrogens with zero attached hydrogens (tertiary/aromatic N) is 1. The number of oxime groups is 1. The first-order valence-electron chi connectivity index (χ1n) is 8.47. The number of hydrogen-bond donors (Lipinski definition) is 0. The van der Waals surface area contributed by atoms with Crippen LogP contribution in [-0.2, 0) is 11.3 Å². The highest BCUT2D eigenvalue weighted by atomic mass is 35.5. The van der Waals surface area contributed by atoms with Crippen LogP contribution in [0.1, 0.15) is 24.0 Å². The van der Waals surface area contributed by atoms with Crippen LogP contribution in [0.3, 0.4) is 0 Å². The molecule has 4 nitrogen and oxygen atoms in total. The third-order valence-electron chi connectivity index (χ3n) is 4.03. The molecule has 0 saturated carbocycles. The Bertz CT molecular complexity index is 831. The molecule has 2 aromatic rings. The van der Waals surface area contributed by atoms with Crippen LogP contribution in [0.25, 0.3) is 0 Å². The molecule has 1 aliphatic carbocycles. The molecule has 0 aromatic heterocycles. The molecule has 27 heavy (non-hydrogen) atoms. The Hall–Kier alpha value is -1.88. The fourth-order valence-electron chi connectivity index (χ4n) is 2.82. The van der Waals surface area contributed by atoms with Gasteiger partial charge in [0.1, 0.15) is 22.6 Å². The largest absolute Gasteiger partial charge is 0.489 e. The predicted molar refractivity (Wildman–Crippen MR) is 109 cm³/mol. The van der Waals surface area contributed by atoms with E-state index in [2.05, 4.69) is 5.16 Å². The Morgan fingerprint density at radius 3 is 2.63 bits per heavy atom. The minimum absolute atomic E-state index is 0.0235. The van der Waals surface area contributed by atoms with Crippen molar-refractivity contribution in [1.82, 2.24) is 0 Å². The molecule has 0 unspecified atom stereocenters. The molecule has 3 rings (SSSR count). The van der Waals surface area contributed by atoms with Crippen LogP contribution in [0.15, 0.2) is 58.2 Å². The molecule has 0 heterocycles. The Morgan fingerprint density at radius 2 is 1.85 bits per heavy atom. The van der Waals surface area contributed by atoms with Crippen molar-refractivity contribution in [3.63, 3.8) is 0 Å². The SMILES string of the molecule is ClC(Cl)=CCOc1cccc2c1CCC/C2=N\OCOc1ccc(Cl)cc1. The summed E-state index contributed by atoms with van der Waals surface area (Å²) in [6.07, 6.45) is 4.34. The Kier molecular flexibility index (Phi) is 7.27. The molecule has 7 heteroatoms. The molecule has 0 radical (unpaired) electrons. The highest BCUT2D eigenvalue weighted by molar-refractivity contribution is 6.55. The second-order valence-electron chi connectivity index (χ2n) is 5.82. The van der Waals surface area contributed by atoms with Crippen molar-refractivity contribution in [2.75, 3.05) is 13.4 Å². The predicted octanol–water partition coefficient (Wildman–Crippen LogP) is 6.13. The lowest BCUT2D eigenvalue weighted by atomic mass is 9.89. The molecule has 0 fully saturated rings. The van der Waals surface area contributed by atoms with Gasteiger partial charge in [0.25, 0.3) is 6.79 Å². The maximum absolute atomic E-state index is 5.85. The van der Waals surface area contributed by atoms with Crippen LogP contribution in [-0.4, -0.2) is 19.1 Å². The first-order chi connectivity index (χ1) is 13.1. The van der Waals surface area contributed by atoms with Crippen LogP contribution in [0.5, 0.6) is 11.5 Å². The first kappa shape index (κ1) is 19.9. The Labute approximate surface area is 173 Å². The van der Waals surface area contributed by atoms with Gasteiger partial charge >= 0.3 is 0 Å². The topological polar surface area (TPSA) is 40.0 Å². The molecule has 0 amide bonds. The summed E-state index contributed by atoms with van der Waals surface area (Å²) in [5, 5.41) is 4.92. The average molecular weight is 427 g/mol. The molecule has 0 bridgehead atoms. The second kappa shape index (κ2) is 9.88. The van der Waals surface area contributed by atoms with Crippen LogP contribution in [0, 0.1) is 0 Å². The van der Waals surface area contributed by atoms with Gasteiger partial charge in [0, 0.05) is 16.1 Å². The Morgan fingerprint density at radius 1 is 1.04 bits per heavy atom. The summed E-state index contributed by atoms with van der Waals surface area (Å²) in [5.41, 5.74) is 3.03. The third kappa shape index (κ3) is 5.80. The van der Waals surface area contributed by atoms with E-state index < -0.39 is 0 Å². The van der Waals surface area contributed by atoms with Gasteiger partial charge in [-0.3, -0.25) is 0 Å². The minimum Gasteiger partial charge on any atom is -0.489 e. The minimum atomic E-state index is 0.0235. The van der Waals surface area contributed by atoms with Gasteiger partial charge in [-0.05, 0) is 55.7 Å². The molecule has 0 atom stereocenters. The number of benzene rings is 2. The van der Waals surface area contributed by atoms with Crippen molar-refractivity contribution in [2.45, 2.75) is 19.3 Å². The lowest BCUT2D eigenvalue weighted by Gasteiger charge is -2.20. The van der Waals surface area contributed by atoms with Gasteiger partial charge in [-0.15, -0.1) is 0 Å². The van der Waals surface area contributed by atoms with Gasteiger partial charge in [-0.1, -0.05) is 52.1 Å². The van der Waals surface area contributed by atoms with Crippen LogP contribution >= 0.6 is 34.8 Å². The highest BCUT2D eigenvalue weighted by Crippen LogP contribution is 2.30. The normalized spacial score (nSPS) is 14.4. The van der Waals surface area contributed by atoms with Crippen LogP contribution < -0.4 is 9.47 Å². The van der Waals surface area contributed by atoms with Crippen molar-refractivity contribution in [1.29, 1.82) is 0 Å². The quantitative estimate of drug-likeness (QED) is 0.304. The number of rotatable bonds is 7. The van der Waals surface area contributed by atoms with Crippen molar-refractivity contribution < 1.29 is 14.3 Å². The van der Waals surface area contributed by atoms with Crippen LogP contribution in [0.4, 0.5) is 0 Å². The number of hydrogen-bond acceptors (Lipinski definition) is 4. The van der Waals surface area contributed by atoms with Crippen LogP contribution in [0.2, 0.25) is 5.02 Å². The summed E-state index contributed by atoms with van der Waals surface area (Å²) >= 11 is 17.1. The third-order valence-corrected chi connectivity index (χ3v) is 4.59. The zero-order chi connectivity index (χ0) is 19.1. The van der Waals surface area contributed by atoms with E-state index in [4.69, 9.17) is 49.1 Å². The van der Waals surface area contributed by atoms with E-state index in [1.54, 1.807) is 30.3 Å². The molecule has 0 saturated heterocycles. The van der Waals surface area contributed by atoms with Gasteiger partial charge in [0.15, 0.2) is 0 Å². The summed E-state index contributed by atoms with van der Waals surface area (Å²) in [5.74, 6) is 1.48. The fraction of sp³-hybridized carbons (Fsp3) is 0.250. The van der Waals surface area contributed by atoms with Gasteiger partial charge in [0.05, 0.1) is 5.71 Å².